The Morgan fingerprint density at radius 2 is 0.897 bits per heavy atom. The number of hydrogen-bond donors (Lipinski definition) is 2. The molecule has 0 bridgehead atoms. The fourth-order valence-electron chi connectivity index (χ4n) is 2.13. The predicted molar refractivity (Wildman–Crippen MR) is 99.6 cm³/mol. The van der Waals surface area contributed by atoms with Crippen LogP contribution in [0.5, 0.6) is 23.0 Å². The van der Waals surface area contributed by atoms with E-state index in [1.165, 1.54) is 24.3 Å². The molecule has 0 unspecified atom stereocenters. The zero-order valence-electron chi connectivity index (χ0n) is 15.8. The topological polar surface area (TPSA) is 86.6 Å². The van der Waals surface area contributed by atoms with Gasteiger partial charge in [-0.05, 0) is 24.3 Å². The average Bonchev–Trinajstić information content (AvgIpc) is 2.70. The van der Waals surface area contributed by atoms with Crippen molar-refractivity contribution in [3.63, 3.8) is 0 Å². The highest BCUT2D eigenvalue weighted by atomic mass is 19.1. The first-order chi connectivity index (χ1) is 14.1. The van der Waals surface area contributed by atoms with Crippen LogP contribution in [0.15, 0.2) is 36.4 Å². The van der Waals surface area contributed by atoms with Crippen molar-refractivity contribution >= 4 is 0 Å². The average molecular weight is 414 g/mol. The quantitative estimate of drug-likeness (QED) is 0.460. The Morgan fingerprint density at radius 3 is 1.24 bits per heavy atom. The minimum absolute atomic E-state index is 0.248. The molecule has 0 radical (unpaired) electrons. The molecule has 0 aliphatic carbocycles. The molecule has 0 saturated carbocycles. The van der Waals surface area contributed by atoms with Crippen LogP contribution in [0.4, 0.5) is 8.78 Å². The van der Waals surface area contributed by atoms with E-state index >= 15 is 0 Å². The van der Waals surface area contributed by atoms with Crippen LogP contribution in [0.3, 0.4) is 0 Å². The van der Waals surface area contributed by atoms with Crippen LogP contribution in [0, 0.1) is 11.6 Å². The number of phenols is 2. The van der Waals surface area contributed by atoms with Gasteiger partial charge in [-0.1, -0.05) is 0 Å². The van der Waals surface area contributed by atoms with Gasteiger partial charge in [0.05, 0.1) is 39.6 Å². The zero-order chi connectivity index (χ0) is 20.9. The molecule has 0 heterocycles. The van der Waals surface area contributed by atoms with E-state index < -0.39 is 23.1 Å². The number of aromatic hydroxyl groups is 2. The maximum absolute atomic E-state index is 13.1. The van der Waals surface area contributed by atoms with Gasteiger partial charge in [-0.15, -0.1) is 0 Å². The molecule has 7 nitrogen and oxygen atoms in total. The second-order valence-electron chi connectivity index (χ2n) is 5.76. The molecule has 2 rings (SSSR count). The van der Waals surface area contributed by atoms with E-state index in [2.05, 4.69) is 0 Å². The standard InChI is InChI=1S/C20H24F2O7/c21-17-13-15(1-3-19(17)23)28-11-9-26-7-5-25-6-8-27-10-12-29-16-2-4-20(24)18(22)14-16/h1-4,13-14,23-24H,5-12H2. The van der Waals surface area contributed by atoms with Gasteiger partial charge in [0.2, 0.25) is 0 Å². The molecular formula is C20H24F2O7. The van der Waals surface area contributed by atoms with Crippen molar-refractivity contribution < 1.29 is 42.7 Å². The lowest BCUT2D eigenvalue weighted by molar-refractivity contribution is 0.00496. The zero-order valence-corrected chi connectivity index (χ0v) is 15.8. The molecule has 160 valence electrons. The molecule has 0 atom stereocenters. The maximum Gasteiger partial charge on any atom is 0.168 e. The van der Waals surface area contributed by atoms with Gasteiger partial charge in [-0.2, -0.15) is 0 Å². The fourth-order valence-corrected chi connectivity index (χ4v) is 2.13. The van der Waals surface area contributed by atoms with Crippen LogP contribution < -0.4 is 9.47 Å². The lowest BCUT2D eigenvalue weighted by Crippen LogP contribution is -2.14. The summed E-state index contributed by atoms with van der Waals surface area (Å²) < 4.78 is 52.8. The minimum Gasteiger partial charge on any atom is -0.505 e. The highest BCUT2D eigenvalue weighted by Crippen LogP contribution is 2.21. The van der Waals surface area contributed by atoms with Gasteiger partial charge in [0.25, 0.3) is 0 Å². The summed E-state index contributed by atoms with van der Waals surface area (Å²) in [6.07, 6.45) is 0. The second kappa shape index (κ2) is 12.8. The van der Waals surface area contributed by atoms with Crippen LogP contribution in [0.25, 0.3) is 0 Å². The molecule has 0 aliphatic heterocycles. The van der Waals surface area contributed by atoms with E-state index in [4.69, 9.17) is 33.9 Å². The summed E-state index contributed by atoms with van der Waals surface area (Å²) in [7, 11) is 0. The Balaban J connectivity index is 1.37. The molecule has 0 aromatic heterocycles. The summed E-state index contributed by atoms with van der Waals surface area (Å²) in [6.45, 7) is 2.66. The molecule has 0 fully saturated rings. The molecule has 2 aromatic carbocycles. The number of phenolic OH excluding ortho intramolecular Hbond substituents is 2. The van der Waals surface area contributed by atoms with Gasteiger partial charge in [0, 0.05) is 12.1 Å². The first-order valence-electron chi connectivity index (χ1n) is 9.02. The minimum atomic E-state index is -0.736. The fraction of sp³-hybridized carbons (Fsp3) is 0.400. The summed E-state index contributed by atoms with van der Waals surface area (Å²) in [5, 5.41) is 18.2. The molecule has 2 N–H and O–H groups in total. The van der Waals surface area contributed by atoms with Crippen LogP contribution in [0.2, 0.25) is 0 Å². The van der Waals surface area contributed by atoms with Crippen molar-refractivity contribution in [2.45, 2.75) is 0 Å². The lowest BCUT2D eigenvalue weighted by Gasteiger charge is -2.09. The van der Waals surface area contributed by atoms with Crippen LogP contribution in [-0.2, 0) is 14.2 Å². The second-order valence-corrected chi connectivity index (χ2v) is 5.76. The molecule has 0 amide bonds. The van der Waals surface area contributed by atoms with Crippen LogP contribution >= 0.6 is 0 Å². The van der Waals surface area contributed by atoms with E-state index in [-0.39, 0.29) is 13.2 Å². The molecule has 9 heteroatoms. The number of halogens is 2. The van der Waals surface area contributed by atoms with Gasteiger partial charge in [-0.3, -0.25) is 0 Å². The largest absolute Gasteiger partial charge is 0.505 e. The predicted octanol–water partition coefficient (Wildman–Crippen LogP) is 2.88. The smallest absolute Gasteiger partial charge is 0.168 e. The van der Waals surface area contributed by atoms with Gasteiger partial charge < -0.3 is 33.9 Å². The van der Waals surface area contributed by atoms with Gasteiger partial charge in [-0.25, -0.2) is 8.78 Å². The van der Waals surface area contributed by atoms with E-state index in [0.29, 0.717) is 51.1 Å². The SMILES string of the molecule is Oc1ccc(OCCOCCOCCOCCOc2ccc(O)c(F)c2)cc1F. The summed E-state index contributed by atoms with van der Waals surface area (Å²) >= 11 is 0. The van der Waals surface area contributed by atoms with Crippen LogP contribution in [0.1, 0.15) is 0 Å². The number of benzene rings is 2. The van der Waals surface area contributed by atoms with Crippen molar-refractivity contribution in [3.05, 3.63) is 48.0 Å². The molecule has 0 aliphatic rings. The highest BCUT2D eigenvalue weighted by molar-refractivity contribution is 5.32. The normalized spacial score (nSPS) is 10.8. The van der Waals surface area contributed by atoms with Crippen LogP contribution in [-0.4, -0.2) is 63.1 Å². The third-order valence-corrected chi connectivity index (χ3v) is 3.58. The molecule has 29 heavy (non-hydrogen) atoms. The summed E-state index contributed by atoms with van der Waals surface area (Å²) in [5.74, 6) is -1.68. The van der Waals surface area contributed by atoms with E-state index in [9.17, 15) is 8.78 Å². The Hall–Kier alpha value is -2.62. The number of ether oxygens (including phenoxy) is 5. The molecular weight excluding hydrogens is 390 g/mol. The number of hydrogen-bond acceptors (Lipinski definition) is 7. The monoisotopic (exact) mass is 414 g/mol. The van der Waals surface area contributed by atoms with Gasteiger partial charge in [0.1, 0.15) is 24.7 Å². The summed E-state index contributed by atoms with van der Waals surface area (Å²) in [4.78, 5) is 0. The Labute approximate surface area is 167 Å². The lowest BCUT2D eigenvalue weighted by atomic mass is 10.3. The third kappa shape index (κ3) is 8.95. The highest BCUT2D eigenvalue weighted by Gasteiger charge is 2.03. The van der Waals surface area contributed by atoms with Crippen molar-refractivity contribution in [3.8, 4) is 23.0 Å². The Morgan fingerprint density at radius 1 is 0.552 bits per heavy atom. The van der Waals surface area contributed by atoms with Crippen molar-refractivity contribution in [1.82, 2.24) is 0 Å². The van der Waals surface area contributed by atoms with Crippen molar-refractivity contribution in [1.29, 1.82) is 0 Å². The van der Waals surface area contributed by atoms with Gasteiger partial charge in [0.15, 0.2) is 23.1 Å². The van der Waals surface area contributed by atoms with E-state index in [1.54, 1.807) is 0 Å². The summed E-state index contributed by atoms with van der Waals surface area (Å²) in [6, 6.07) is 7.59. The Kier molecular flexibility index (Phi) is 9.98. The van der Waals surface area contributed by atoms with Crippen molar-refractivity contribution in [2.75, 3.05) is 52.9 Å². The Bertz CT molecular complexity index is 681. The van der Waals surface area contributed by atoms with E-state index in [0.717, 1.165) is 12.1 Å². The first kappa shape index (κ1) is 22.7. The molecule has 0 saturated heterocycles. The number of rotatable bonds is 14. The van der Waals surface area contributed by atoms with E-state index in [1.807, 2.05) is 0 Å². The third-order valence-electron chi connectivity index (χ3n) is 3.58. The molecule has 2 aromatic rings. The molecule has 0 spiro atoms. The maximum atomic E-state index is 13.1. The van der Waals surface area contributed by atoms with Crippen molar-refractivity contribution in [2.24, 2.45) is 0 Å². The first-order valence-corrected chi connectivity index (χ1v) is 9.02. The summed E-state index contributed by atoms with van der Waals surface area (Å²) in [5.41, 5.74) is 0. The van der Waals surface area contributed by atoms with Gasteiger partial charge >= 0.3 is 0 Å².